The zero-order chi connectivity index (χ0) is 11.3. The minimum absolute atomic E-state index is 0.0570. The number of rotatable bonds is 2. The van der Waals surface area contributed by atoms with Gasteiger partial charge in [-0.1, -0.05) is 0 Å². The molecule has 1 aliphatic rings. The highest BCUT2D eigenvalue weighted by atomic mass is 16.6. The number of hydrogen-bond donors (Lipinski definition) is 0. The summed E-state index contributed by atoms with van der Waals surface area (Å²) in [5, 5.41) is 0. The first-order valence-corrected chi connectivity index (χ1v) is 5.42. The van der Waals surface area contributed by atoms with Crippen molar-refractivity contribution in [3.63, 3.8) is 0 Å². The lowest BCUT2D eigenvalue weighted by Crippen LogP contribution is -2.40. The fraction of sp³-hybridized carbons (Fsp3) is 0.818. The molecule has 0 radical (unpaired) electrons. The summed E-state index contributed by atoms with van der Waals surface area (Å²) in [6.45, 7) is 12.5. The molecule has 1 amide bonds. The normalized spacial score (nSPS) is 17.6. The summed E-state index contributed by atoms with van der Waals surface area (Å²) in [4.78, 5) is 16.6. The second-order valence-corrected chi connectivity index (χ2v) is 4.20. The number of carbonyl (C=O) groups excluding carboxylic acids is 1. The Hall–Kier alpha value is -1.24. The molecule has 0 atom stereocenters. The van der Waals surface area contributed by atoms with Crippen molar-refractivity contribution in [2.24, 2.45) is 5.92 Å². The van der Waals surface area contributed by atoms with E-state index in [-0.39, 0.29) is 12.2 Å². The summed E-state index contributed by atoms with van der Waals surface area (Å²) in [6.07, 6.45) is 1.58. The van der Waals surface area contributed by atoms with E-state index < -0.39 is 0 Å². The fourth-order valence-electron chi connectivity index (χ4n) is 1.70. The molecule has 1 fully saturated rings. The Morgan fingerprint density at radius 2 is 2.13 bits per heavy atom. The first kappa shape index (κ1) is 11.8. The van der Waals surface area contributed by atoms with Crippen LogP contribution >= 0.6 is 0 Å². The van der Waals surface area contributed by atoms with Gasteiger partial charge >= 0.3 is 6.09 Å². The number of nitrogens with zero attached hydrogens (tertiary/aromatic N) is 2. The average Bonchev–Trinajstić information content (AvgIpc) is 2.18. The smallest absolute Gasteiger partial charge is 0.410 e. The molecule has 0 aromatic carbocycles. The summed E-state index contributed by atoms with van der Waals surface area (Å²) in [7, 11) is 0. The molecule has 1 rings (SSSR count). The highest BCUT2D eigenvalue weighted by molar-refractivity contribution is 5.67. The highest BCUT2D eigenvalue weighted by Crippen LogP contribution is 2.18. The Bertz CT molecular complexity index is 250. The van der Waals surface area contributed by atoms with Gasteiger partial charge in [-0.2, -0.15) is 0 Å². The molecule has 15 heavy (non-hydrogen) atoms. The standard InChI is InChI=1S/C11H18N2O2/c1-9(2)15-11(14)13-6-4-10(5-7-13)8-12-3/h9-10H,4-8H2,1-2H3. The van der Waals surface area contributed by atoms with Crippen LogP contribution in [0, 0.1) is 12.5 Å². The van der Waals surface area contributed by atoms with E-state index in [2.05, 4.69) is 4.85 Å². The molecule has 1 aliphatic heterocycles. The van der Waals surface area contributed by atoms with Gasteiger partial charge in [0.2, 0.25) is 6.54 Å². The van der Waals surface area contributed by atoms with E-state index >= 15 is 0 Å². The van der Waals surface area contributed by atoms with E-state index in [0.717, 1.165) is 25.9 Å². The predicted molar refractivity (Wildman–Crippen MR) is 57.4 cm³/mol. The van der Waals surface area contributed by atoms with Gasteiger partial charge in [0, 0.05) is 19.0 Å². The van der Waals surface area contributed by atoms with Crippen molar-refractivity contribution in [2.45, 2.75) is 32.8 Å². The lowest BCUT2D eigenvalue weighted by Gasteiger charge is -2.29. The number of hydrogen-bond acceptors (Lipinski definition) is 2. The minimum atomic E-state index is -0.216. The number of likely N-dealkylation sites (tertiary alicyclic amines) is 1. The quantitative estimate of drug-likeness (QED) is 0.654. The molecular formula is C11H18N2O2. The maximum Gasteiger partial charge on any atom is 0.410 e. The van der Waals surface area contributed by atoms with Crippen LogP contribution in [0.4, 0.5) is 4.79 Å². The topological polar surface area (TPSA) is 33.9 Å². The average molecular weight is 210 g/mol. The van der Waals surface area contributed by atoms with Crippen LogP contribution in [0.2, 0.25) is 0 Å². The molecule has 1 heterocycles. The van der Waals surface area contributed by atoms with Gasteiger partial charge in [-0.25, -0.2) is 11.4 Å². The summed E-state index contributed by atoms with van der Waals surface area (Å²) in [5.41, 5.74) is 0. The summed E-state index contributed by atoms with van der Waals surface area (Å²) in [5.74, 6) is 0.464. The van der Waals surface area contributed by atoms with E-state index in [1.165, 1.54) is 0 Å². The van der Waals surface area contributed by atoms with E-state index in [0.29, 0.717) is 12.5 Å². The molecule has 0 spiro atoms. The van der Waals surface area contributed by atoms with Crippen LogP contribution < -0.4 is 0 Å². The maximum absolute atomic E-state index is 11.5. The van der Waals surface area contributed by atoms with E-state index in [9.17, 15) is 4.79 Å². The third kappa shape index (κ3) is 3.78. The lowest BCUT2D eigenvalue weighted by molar-refractivity contribution is 0.0663. The first-order chi connectivity index (χ1) is 7.13. The predicted octanol–water partition coefficient (Wildman–Crippen LogP) is 2.16. The Morgan fingerprint density at radius 1 is 1.53 bits per heavy atom. The zero-order valence-electron chi connectivity index (χ0n) is 9.40. The van der Waals surface area contributed by atoms with E-state index in [1.54, 1.807) is 4.90 Å². The van der Waals surface area contributed by atoms with Crippen LogP contribution in [0.25, 0.3) is 4.85 Å². The zero-order valence-corrected chi connectivity index (χ0v) is 9.40. The van der Waals surface area contributed by atoms with Crippen molar-refractivity contribution >= 4 is 6.09 Å². The number of ether oxygens (including phenoxy) is 1. The second kappa shape index (κ2) is 5.59. The van der Waals surface area contributed by atoms with Crippen LogP contribution in [0.3, 0.4) is 0 Å². The maximum atomic E-state index is 11.5. The van der Waals surface area contributed by atoms with Crippen LogP contribution in [0.15, 0.2) is 0 Å². The van der Waals surface area contributed by atoms with Gasteiger partial charge in [-0.3, -0.25) is 0 Å². The van der Waals surface area contributed by atoms with Crippen molar-refractivity contribution in [3.8, 4) is 0 Å². The molecule has 4 heteroatoms. The Balaban J connectivity index is 2.31. The number of amides is 1. The Labute approximate surface area is 91.0 Å². The summed E-state index contributed by atoms with van der Waals surface area (Å²) >= 11 is 0. The molecule has 0 unspecified atom stereocenters. The molecule has 4 nitrogen and oxygen atoms in total. The lowest BCUT2D eigenvalue weighted by atomic mass is 9.97. The summed E-state index contributed by atoms with van der Waals surface area (Å²) < 4.78 is 5.11. The molecule has 0 bridgehead atoms. The molecule has 0 aromatic rings. The number of carbonyl (C=O) groups is 1. The molecule has 0 aromatic heterocycles. The van der Waals surface area contributed by atoms with Gasteiger partial charge in [0.1, 0.15) is 0 Å². The third-order valence-electron chi connectivity index (χ3n) is 2.56. The van der Waals surface area contributed by atoms with Crippen molar-refractivity contribution in [1.82, 2.24) is 4.90 Å². The molecular weight excluding hydrogens is 192 g/mol. The molecule has 0 N–H and O–H groups in total. The van der Waals surface area contributed by atoms with Crippen molar-refractivity contribution in [1.29, 1.82) is 0 Å². The SMILES string of the molecule is [C-]#[N+]CC1CCN(C(=O)OC(C)C)CC1. The largest absolute Gasteiger partial charge is 0.447 e. The van der Waals surface area contributed by atoms with Gasteiger partial charge in [0.15, 0.2) is 0 Å². The van der Waals surface area contributed by atoms with Crippen molar-refractivity contribution in [3.05, 3.63) is 11.4 Å². The molecule has 0 saturated carbocycles. The second-order valence-electron chi connectivity index (χ2n) is 4.20. The van der Waals surface area contributed by atoms with Crippen molar-refractivity contribution < 1.29 is 9.53 Å². The Morgan fingerprint density at radius 3 is 2.60 bits per heavy atom. The summed E-state index contributed by atoms with van der Waals surface area (Å²) in [6, 6.07) is 0. The van der Waals surface area contributed by atoms with Crippen molar-refractivity contribution in [2.75, 3.05) is 19.6 Å². The van der Waals surface area contributed by atoms with Gasteiger partial charge in [-0.15, -0.1) is 0 Å². The highest BCUT2D eigenvalue weighted by Gasteiger charge is 2.25. The minimum Gasteiger partial charge on any atom is -0.447 e. The van der Waals surface area contributed by atoms with Gasteiger partial charge in [0.25, 0.3) is 0 Å². The van der Waals surface area contributed by atoms with Gasteiger partial charge in [0.05, 0.1) is 6.10 Å². The third-order valence-corrected chi connectivity index (χ3v) is 2.56. The van der Waals surface area contributed by atoms with Crippen LogP contribution in [-0.4, -0.2) is 36.7 Å². The van der Waals surface area contributed by atoms with Gasteiger partial charge < -0.3 is 14.5 Å². The number of piperidine rings is 1. The monoisotopic (exact) mass is 210 g/mol. The molecule has 0 aliphatic carbocycles. The fourth-order valence-corrected chi connectivity index (χ4v) is 1.70. The van der Waals surface area contributed by atoms with Gasteiger partial charge in [-0.05, 0) is 26.7 Å². The van der Waals surface area contributed by atoms with E-state index in [4.69, 9.17) is 11.3 Å². The first-order valence-electron chi connectivity index (χ1n) is 5.42. The van der Waals surface area contributed by atoms with Crippen LogP contribution in [-0.2, 0) is 4.74 Å². The van der Waals surface area contributed by atoms with Crippen LogP contribution in [0.5, 0.6) is 0 Å². The molecule has 1 saturated heterocycles. The van der Waals surface area contributed by atoms with Crippen LogP contribution in [0.1, 0.15) is 26.7 Å². The molecule has 84 valence electrons. The Kier molecular flexibility index (Phi) is 4.41. The van der Waals surface area contributed by atoms with E-state index in [1.807, 2.05) is 13.8 Å².